The number of hydrogen-bond acceptors (Lipinski definition) is 7. The van der Waals surface area contributed by atoms with Crippen LogP contribution in [0.2, 0.25) is 0 Å². The van der Waals surface area contributed by atoms with Crippen molar-refractivity contribution in [3.8, 4) is 28.5 Å². The number of pyridine rings is 1. The van der Waals surface area contributed by atoms with E-state index in [2.05, 4.69) is 34.4 Å². The van der Waals surface area contributed by atoms with E-state index in [1.165, 1.54) is 0 Å². The molecule has 1 saturated carbocycles. The third-order valence-corrected chi connectivity index (χ3v) is 7.66. The molecule has 0 bridgehead atoms. The van der Waals surface area contributed by atoms with Gasteiger partial charge in [0.2, 0.25) is 5.88 Å². The van der Waals surface area contributed by atoms with Gasteiger partial charge in [-0.2, -0.15) is 0 Å². The first kappa shape index (κ1) is 28.0. The molecule has 212 valence electrons. The summed E-state index contributed by atoms with van der Waals surface area (Å²) >= 11 is 0. The number of nitrogens with one attached hydrogen (secondary N) is 2. The second-order valence-corrected chi connectivity index (χ2v) is 11.2. The molecular weight excluding hydrogens is 509 g/mol. The molecule has 5 rings (SSSR count). The van der Waals surface area contributed by atoms with Crippen LogP contribution in [0.15, 0.2) is 54.7 Å². The highest BCUT2D eigenvalue weighted by atomic mass is 19.1. The fraction of sp³-hybridized carbons (Fsp3) is 0.419. The van der Waals surface area contributed by atoms with E-state index < -0.39 is 11.7 Å². The molecule has 1 aromatic heterocycles. The van der Waals surface area contributed by atoms with Gasteiger partial charge in [-0.05, 0) is 74.9 Å². The molecule has 2 aromatic carbocycles. The van der Waals surface area contributed by atoms with Crippen molar-refractivity contribution >= 4 is 5.91 Å². The summed E-state index contributed by atoms with van der Waals surface area (Å²) in [6, 6.07) is 15.1. The van der Waals surface area contributed by atoms with Gasteiger partial charge in [0.05, 0.1) is 6.20 Å². The van der Waals surface area contributed by atoms with E-state index in [0.29, 0.717) is 24.4 Å². The highest BCUT2D eigenvalue weighted by Crippen LogP contribution is 2.32. The quantitative estimate of drug-likeness (QED) is 0.343. The van der Waals surface area contributed by atoms with Crippen molar-refractivity contribution in [2.45, 2.75) is 70.2 Å². The van der Waals surface area contributed by atoms with Crippen molar-refractivity contribution < 1.29 is 19.0 Å². The number of aromatic hydroxyl groups is 1. The van der Waals surface area contributed by atoms with E-state index in [-0.39, 0.29) is 29.3 Å². The molecule has 2 aliphatic rings. The largest absolute Gasteiger partial charge is 0.508 e. The van der Waals surface area contributed by atoms with Crippen LogP contribution in [0.25, 0.3) is 11.1 Å². The van der Waals surface area contributed by atoms with Crippen LogP contribution < -0.4 is 21.1 Å². The van der Waals surface area contributed by atoms with Crippen LogP contribution in [0.3, 0.4) is 0 Å². The Balaban J connectivity index is 1.30. The van der Waals surface area contributed by atoms with Crippen molar-refractivity contribution in [2.24, 2.45) is 5.73 Å². The topological polar surface area (TPSA) is 113 Å². The molecular formula is C31H38FN5O3. The molecule has 1 amide bonds. The van der Waals surface area contributed by atoms with Crippen LogP contribution in [0.5, 0.6) is 17.4 Å². The Morgan fingerprint density at radius 2 is 1.82 bits per heavy atom. The number of carbonyl (C=O) groups is 1. The number of phenols is 1. The molecule has 1 saturated heterocycles. The van der Waals surface area contributed by atoms with Gasteiger partial charge in [0.25, 0.3) is 5.91 Å². The van der Waals surface area contributed by atoms with E-state index >= 15 is 0 Å². The number of halogens is 1. The van der Waals surface area contributed by atoms with Gasteiger partial charge < -0.3 is 26.2 Å². The molecule has 2 heterocycles. The normalized spacial score (nSPS) is 23.5. The zero-order chi connectivity index (χ0) is 28.2. The van der Waals surface area contributed by atoms with E-state index in [1.807, 2.05) is 30.3 Å². The Morgan fingerprint density at radius 1 is 1.10 bits per heavy atom. The molecule has 0 spiro atoms. The summed E-state index contributed by atoms with van der Waals surface area (Å²) < 4.78 is 20.1. The number of phenolic OH excluding ortho intramolecular Hbond substituents is 1. The van der Waals surface area contributed by atoms with Crippen LogP contribution in [0, 0.1) is 5.82 Å². The molecule has 1 aliphatic heterocycles. The maximum atomic E-state index is 14.1. The number of ether oxygens (including phenoxy) is 1. The van der Waals surface area contributed by atoms with E-state index in [9.17, 15) is 14.3 Å². The standard InChI is InChI=1S/C31H38FN5O3/c1-19-16-37(17-20(2)35-19)18-23-7-6-22(13-29(23)38)21-4-3-5-27(12-21)40-31-28(14-24(32)15-34-31)30(39)36-26-10-8-25(33)9-11-26/h3-7,12-15,19-20,25-26,35,38H,8-11,16-18,33H2,1-2H3,(H,36,39)/t19-,20?,25-,26-/m0/s1. The number of piperazine rings is 1. The number of nitrogens with two attached hydrogens (primary N) is 1. The van der Waals surface area contributed by atoms with Gasteiger partial charge in [0.1, 0.15) is 22.9 Å². The second kappa shape index (κ2) is 12.3. The monoisotopic (exact) mass is 547 g/mol. The van der Waals surface area contributed by atoms with Crippen LogP contribution in [0.4, 0.5) is 4.39 Å². The Labute approximate surface area is 234 Å². The predicted octanol–water partition coefficient (Wildman–Crippen LogP) is 4.57. The molecule has 5 N–H and O–H groups in total. The summed E-state index contributed by atoms with van der Waals surface area (Å²) in [5.74, 6) is -0.321. The van der Waals surface area contributed by atoms with Gasteiger partial charge in [-0.3, -0.25) is 9.69 Å². The molecule has 0 radical (unpaired) electrons. The lowest BCUT2D eigenvalue weighted by atomic mass is 9.91. The second-order valence-electron chi connectivity index (χ2n) is 11.2. The van der Waals surface area contributed by atoms with Crippen molar-refractivity contribution in [2.75, 3.05) is 13.1 Å². The summed E-state index contributed by atoms with van der Waals surface area (Å²) in [4.78, 5) is 19.4. The van der Waals surface area contributed by atoms with Crippen LogP contribution in [-0.2, 0) is 6.54 Å². The van der Waals surface area contributed by atoms with Crippen molar-refractivity contribution in [3.63, 3.8) is 0 Å². The molecule has 3 aromatic rings. The average Bonchev–Trinajstić information content (AvgIpc) is 2.92. The molecule has 9 heteroatoms. The maximum absolute atomic E-state index is 14.1. The fourth-order valence-electron chi connectivity index (χ4n) is 5.74. The van der Waals surface area contributed by atoms with E-state index in [0.717, 1.165) is 67.7 Å². The van der Waals surface area contributed by atoms with Crippen LogP contribution in [0.1, 0.15) is 55.5 Å². The number of carbonyl (C=O) groups excluding carboxylic acids is 1. The zero-order valence-electron chi connectivity index (χ0n) is 23.1. The first-order valence-corrected chi connectivity index (χ1v) is 14.0. The number of nitrogens with zero attached hydrogens (tertiary/aromatic N) is 2. The molecule has 1 aliphatic carbocycles. The Kier molecular flexibility index (Phi) is 8.63. The molecule has 1 unspecified atom stereocenters. The fourth-order valence-corrected chi connectivity index (χ4v) is 5.74. The maximum Gasteiger partial charge on any atom is 0.257 e. The van der Waals surface area contributed by atoms with Crippen LogP contribution >= 0.6 is 0 Å². The predicted molar refractivity (Wildman–Crippen MR) is 153 cm³/mol. The number of amides is 1. The number of rotatable bonds is 7. The highest BCUT2D eigenvalue weighted by Gasteiger charge is 2.24. The van der Waals surface area contributed by atoms with E-state index in [1.54, 1.807) is 12.1 Å². The van der Waals surface area contributed by atoms with Crippen molar-refractivity contribution in [1.82, 2.24) is 20.5 Å². The van der Waals surface area contributed by atoms with Crippen molar-refractivity contribution in [1.29, 1.82) is 0 Å². The lowest BCUT2D eigenvalue weighted by Gasteiger charge is -2.36. The van der Waals surface area contributed by atoms with Gasteiger partial charge in [0.15, 0.2) is 0 Å². The summed E-state index contributed by atoms with van der Waals surface area (Å²) in [5, 5.41) is 17.3. The number of hydrogen-bond donors (Lipinski definition) is 4. The smallest absolute Gasteiger partial charge is 0.257 e. The average molecular weight is 548 g/mol. The third kappa shape index (κ3) is 6.96. The van der Waals surface area contributed by atoms with Gasteiger partial charge in [0, 0.05) is 49.4 Å². The third-order valence-electron chi connectivity index (χ3n) is 7.66. The Hall–Kier alpha value is -3.53. The SMILES string of the molecule is CC1CN(Cc2ccc(-c3cccc(Oc4ncc(F)cc4C(=O)N[C@H]4CC[C@H](N)CC4)c3)cc2O)C[C@H](C)N1. The first-order valence-electron chi connectivity index (χ1n) is 14.0. The summed E-state index contributed by atoms with van der Waals surface area (Å²) in [6.45, 7) is 6.88. The highest BCUT2D eigenvalue weighted by molar-refractivity contribution is 5.96. The summed E-state index contributed by atoms with van der Waals surface area (Å²) in [7, 11) is 0. The summed E-state index contributed by atoms with van der Waals surface area (Å²) in [6.07, 6.45) is 4.28. The first-order chi connectivity index (χ1) is 19.2. The lowest BCUT2D eigenvalue weighted by Crippen LogP contribution is -2.53. The molecule has 8 nitrogen and oxygen atoms in total. The summed E-state index contributed by atoms with van der Waals surface area (Å²) in [5.41, 5.74) is 8.55. The number of aromatic nitrogens is 1. The van der Waals surface area contributed by atoms with E-state index in [4.69, 9.17) is 10.5 Å². The van der Waals surface area contributed by atoms with Crippen LogP contribution in [-0.4, -0.2) is 58.2 Å². The minimum Gasteiger partial charge on any atom is -0.508 e. The zero-order valence-corrected chi connectivity index (χ0v) is 23.1. The van der Waals surface area contributed by atoms with Gasteiger partial charge in [-0.1, -0.05) is 24.3 Å². The Bertz CT molecular complexity index is 1330. The lowest BCUT2D eigenvalue weighted by molar-refractivity contribution is 0.0922. The van der Waals surface area contributed by atoms with Gasteiger partial charge in [-0.25, -0.2) is 9.37 Å². The molecule has 2 atom stereocenters. The minimum absolute atomic E-state index is 0.0132. The Morgan fingerprint density at radius 3 is 2.55 bits per heavy atom. The minimum atomic E-state index is -0.614. The molecule has 40 heavy (non-hydrogen) atoms. The number of benzene rings is 2. The van der Waals surface area contributed by atoms with Gasteiger partial charge >= 0.3 is 0 Å². The van der Waals surface area contributed by atoms with Crippen molar-refractivity contribution in [3.05, 3.63) is 71.7 Å². The van der Waals surface area contributed by atoms with Gasteiger partial charge in [-0.15, -0.1) is 0 Å². The molecule has 2 fully saturated rings.